The number of esters is 2. The average molecular weight is 437 g/mol. The van der Waals surface area contributed by atoms with Gasteiger partial charge in [0.05, 0.1) is 25.3 Å². The average Bonchev–Trinajstić information content (AvgIpc) is 2.84. The van der Waals surface area contributed by atoms with E-state index in [2.05, 4.69) is 4.84 Å². The van der Waals surface area contributed by atoms with Gasteiger partial charge in [0.15, 0.2) is 0 Å². The lowest BCUT2D eigenvalue weighted by atomic mass is 10.1. The van der Waals surface area contributed by atoms with Crippen LogP contribution in [0.5, 0.6) is 23.0 Å². The maximum Gasteiger partial charge on any atom is 0.360 e. The highest BCUT2D eigenvalue weighted by Gasteiger charge is 2.20. The molecule has 9 heteroatoms. The summed E-state index contributed by atoms with van der Waals surface area (Å²) in [7, 11) is 3.01. The van der Waals surface area contributed by atoms with Crippen LogP contribution in [0.4, 0.5) is 0 Å². The van der Waals surface area contributed by atoms with Gasteiger partial charge >= 0.3 is 17.9 Å². The van der Waals surface area contributed by atoms with Crippen molar-refractivity contribution in [1.82, 2.24) is 0 Å². The van der Waals surface area contributed by atoms with Crippen LogP contribution >= 0.6 is 0 Å². The Morgan fingerprint density at radius 3 is 1.56 bits per heavy atom. The van der Waals surface area contributed by atoms with E-state index in [1.165, 1.54) is 56.7 Å². The van der Waals surface area contributed by atoms with Crippen molar-refractivity contribution in [1.29, 1.82) is 0 Å². The highest BCUT2D eigenvalue weighted by molar-refractivity contribution is 5.97. The summed E-state index contributed by atoms with van der Waals surface area (Å²) < 4.78 is 20.7. The lowest BCUT2D eigenvalue weighted by molar-refractivity contribution is 0.0495. The van der Waals surface area contributed by atoms with E-state index in [0.29, 0.717) is 11.5 Å². The molecule has 0 spiro atoms. The van der Waals surface area contributed by atoms with Gasteiger partial charge < -0.3 is 23.8 Å². The number of nitrogens with two attached hydrogens (primary N) is 1. The fourth-order valence-electron chi connectivity index (χ4n) is 2.66. The molecule has 0 radical (unpaired) electrons. The Bertz CT molecular complexity index is 1120. The molecule has 0 atom stereocenters. The summed E-state index contributed by atoms with van der Waals surface area (Å²) in [6, 6.07) is 16.3. The SMILES string of the molecule is COc1ccc(C(=O)Oc2ccc(OC(=O)c3ccc(OC)cc3)c(C(=O)ON)c2)cc1. The first kappa shape index (κ1) is 22.3. The zero-order valence-corrected chi connectivity index (χ0v) is 17.2. The zero-order valence-electron chi connectivity index (χ0n) is 17.2. The van der Waals surface area contributed by atoms with E-state index in [4.69, 9.17) is 24.8 Å². The van der Waals surface area contributed by atoms with Crippen LogP contribution in [0.15, 0.2) is 66.7 Å². The number of hydrogen-bond acceptors (Lipinski definition) is 9. The molecule has 0 saturated carbocycles. The normalized spacial score (nSPS) is 10.1. The Kier molecular flexibility index (Phi) is 7.04. The van der Waals surface area contributed by atoms with Crippen molar-refractivity contribution in [2.24, 2.45) is 5.90 Å². The summed E-state index contributed by atoms with van der Waals surface area (Å²) in [5.41, 5.74) is 0.297. The predicted octanol–water partition coefficient (Wildman–Crippen LogP) is 3.17. The summed E-state index contributed by atoms with van der Waals surface area (Å²) in [5.74, 6) is 3.68. The lowest BCUT2D eigenvalue weighted by Crippen LogP contribution is -2.16. The third-order valence-electron chi connectivity index (χ3n) is 4.34. The van der Waals surface area contributed by atoms with Crippen LogP contribution in [0.3, 0.4) is 0 Å². The van der Waals surface area contributed by atoms with Gasteiger partial charge in [-0.05, 0) is 66.7 Å². The molecule has 0 unspecified atom stereocenters. The minimum atomic E-state index is -0.982. The molecule has 0 aliphatic carbocycles. The third-order valence-corrected chi connectivity index (χ3v) is 4.34. The zero-order chi connectivity index (χ0) is 23.1. The van der Waals surface area contributed by atoms with Gasteiger partial charge in [-0.3, -0.25) is 0 Å². The van der Waals surface area contributed by atoms with Gasteiger partial charge in [0.2, 0.25) is 0 Å². The number of ether oxygens (including phenoxy) is 4. The molecule has 32 heavy (non-hydrogen) atoms. The second kappa shape index (κ2) is 10.1. The maximum atomic E-state index is 12.4. The van der Waals surface area contributed by atoms with E-state index in [0.717, 1.165) is 0 Å². The number of methoxy groups -OCH3 is 2. The second-order valence-electron chi connectivity index (χ2n) is 6.30. The largest absolute Gasteiger partial charge is 0.497 e. The Hall–Kier alpha value is -4.37. The Balaban J connectivity index is 1.80. The van der Waals surface area contributed by atoms with E-state index in [1.54, 1.807) is 24.3 Å². The van der Waals surface area contributed by atoms with Crippen molar-refractivity contribution >= 4 is 17.9 Å². The molecule has 9 nitrogen and oxygen atoms in total. The van der Waals surface area contributed by atoms with Gasteiger partial charge in [-0.15, -0.1) is 0 Å². The van der Waals surface area contributed by atoms with Crippen LogP contribution in [-0.4, -0.2) is 32.1 Å². The molecule has 0 heterocycles. The molecule has 0 fully saturated rings. The summed E-state index contributed by atoms with van der Waals surface area (Å²) in [4.78, 5) is 41.2. The first-order chi connectivity index (χ1) is 15.4. The molecule has 0 aromatic heterocycles. The molecule has 0 aliphatic heterocycles. The molecule has 0 saturated heterocycles. The Morgan fingerprint density at radius 1 is 0.625 bits per heavy atom. The van der Waals surface area contributed by atoms with Crippen LogP contribution < -0.4 is 24.8 Å². The molecule has 0 bridgehead atoms. The highest BCUT2D eigenvalue weighted by atomic mass is 16.7. The van der Waals surface area contributed by atoms with Gasteiger partial charge in [-0.2, -0.15) is 5.90 Å². The molecule has 3 aromatic rings. The molecular weight excluding hydrogens is 418 g/mol. The van der Waals surface area contributed by atoms with Crippen molar-refractivity contribution in [2.45, 2.75) is 0 Å². The van der Waals surface area contributed by atoms with Gasteiger partial charge in [-0.25, -0.2) is 14.4 Å². The number of rotatable bonds is 7. The van der Waals surface area contributed by atoms with E-state index in [1.807, 2.05) is 0 Å². The highest BCUT2D eigenvalue weighted by Crippen LogP contribution is 2.27. The predicted molar refractivity (Wildman–Crippen MR) is 112 cm³/mol. The fraction of sp³-hybridized carbons (Fsp3) is 0.0870. The fourth-order valence-corrected chi connectivity index (χ4v) is 2.66. The number of hydrogen-bond donors (Lipinski definition) is 1. The molecule has 2 N–H and O–H groups in total. The van der Waals surface area contributed by atoms with Gasteiger partial charge in [0.25, 0.3) is 0 Å². The van der Waals surface area contributed by atoms with Gasteiger partial charge in [0, 0.05) is 0 Å². The standard InChI is InChI=1S/C23H19NO8/c1-28-16-7-3-14(4-8-16)21(25)30-18-11-12-20(19(13-18)23(27)32-24)31-22(26)15-5-9-17(29-2)10-6-15/h3-13H,24H2,1-2H3. The summed E-state index contributed by atoms with van der Waals surface area (Å²) in [6.45, 7) is 0. The van der Waals surface area contributed by atoms with Gasteiger partial charge in [0.1, 0.15) is 28.6 Å². The maximum absolute atomic E-state index is 12.4. The van der Waals surface area contributed by atoms with E-state index in [9.17, 15) is 14.4 Å². The van der Waals surface area contributed by atoms with Crippen molar-refractivity contribution in [2.75, 3.05) is 14.2 Å². The Morgan fingerprint density at radius 2 is 1.09 bits per heavy atom. The quantitative estimate of drug-likeness (QED) is 0.337. The molecule has 0 amide bonds. The molecule has 3 rings (SSSR count). The molecular formula is C23H19NO8. The first-order valence-corrected chi connectivity index (χ1v) is 9.22. The van der Waals surface area contributed by atoms with Crippen molar-refractivity contribution in [3.63, 3.8) is 0 Å². The topological polar surface area (TPSA) is 123 Å². The molecule has 164 valence electrons. The first-order valence-electron chi connectivity index (χ1n) is 9.22. The van der Waals surface area contributed by atoms with E-state index in [-0.39, 0.29) is 28.2 Å². The van der Waals surface area contributed by atoms with Gasteiger partial charge in [-0.1, -0.05) is 0 Å². The minimum absolute atomic E-state index is 0.0236. The summed E-state index contributed by atoms with van der Waals surface area (Å²) in [6.07, 6.45) is 0. The van der Waals surface area contributed by atoms with Crippen LogP contribution in [-0.2, 0) is 4.84 Å². The number of carbonyl (C=O) groups excluding carboxylic acids is 3. The van der Waals surface area contributed by atoms with Crippen molar-refractivity contribution < 1.29 is 38.2 Å². The molecule has 0 aliphatic rings. The second-order valence-corrected chi connectivity index (χ2v) is 6.30. The van der Waals surface area contributed by atoms with Crippen LogP contribution in [0.2, 0.25) is 0 Å². The van der Waals surface area contributed by atoms with Crippen LogP contribution in [0.25, 0.3) is 0 Å². The van der Waals surface area contributed by atoms with Crippen molar-refractivity contribution in [3.8, 4) is 23.0 Å². The van der Waals surface area contributed by atoms with E-state index < -0.39 is 17.9 Å². The minimum Gasteiger partial charge on any atom is -0.497 e. The Labute approximate surface area is 183 Å². The third kappa shape index (κ3) is 5.21. The van der Waals surface area contributed by atoms with E-state index >= 15 is 0 Å². The summed E-state index contributed by atoms with van der Waals surface area (Å²) in [5, 5.41) is 0. The smallest absolute Gasteiger partial charge is 0.360 e. The van der Waals surface area contributed by atoms with Crippen LogP contribution in [0.1, 0.15) is 31.1 Å². The monoisotopic (exact) mass is 437 g/mol. The van der Waals surface area contributed by atoms with Crippen LogP contribution in [0, 0.1) is 0 Å². The number of benzene rings is 3. The molecule has 3 aromatic carbocycles. The lowest BCUT2D eigenvalue weighted by Gasteiger charge is -2.11. The summed E-state index contributed by atoms with van der Waals surface area (Å²) >= 11 is 0. The number of carbonyl (C=O) groups is 3. The van der Waals surface area contributed by atoms with Crippen molar-refractivity contribution in [3.05, 3.63) is 83.4 Å².